The van der Waals surface area contributed by atoms with Gasteiger partial charge in [0, 0.05) is 19.7 Å². The van der Waals surface area contributed by atoms with Crippen molar-refractivity contribution < 1.29 is 14.7 Å². The van der Waals surface area contributed by atoms with Crippen LogP contribution in [0.2, 0.25) is 0 Å². The van der Waals surface area contributed by atoms with Crippen molar-refractivity contribution in [3.8, 4) is 0 Å². The second-order valence-corrected chi connectivity index (χ2v) is 5.63. The van der Waals surface area contributed by atoms with E-state index in [2.05, 4.69) is 25.8 Å². The van der Waals surface area contributed by atoms with E-state index in [9.17, 15) is 10.1 Å². The third kappa shape index (κ3) is 4.30. The molecule has 2 aromatic rings. The van der Waals surface area contributed by atoms with Crippen LogP contribution in [-0.4, -0.2) is 65.6 Å². The molecule has 2 rings (SSSR count). The molecule has 0 aliphatic heterocycles. The first-order chi connectivity index (χ1) is 11.5. The van der Waals surface area contributed by atoms with Gasteiger partial charge in [0.25, 0.3) is 0 Å². The third-order valence-electron chi connectivity index (χ3n) is 3.44. The van der Waals surface area contributed by atoms with Crippen molar-refractivity contribution in [3.63, 3.8) is 0 Å². The largest absolute Gasteiger partial charge is 0.396 e. The average Bonchev–Trinajstić information content (AvgIpc) is 3.00. The van der Waals surface area contributed by atoms with Crippen LogP contribution < -0.4 is 10.6 Å². The Kier molecular flexibility index (Phi) is 6.27. The summed E-state index contributed by atoms with van der Waals surface area (Å²) in [5.74, 6) is 0. The second kappa shape index (κ2) is 8.41. The lowest BCUT2D eigenvalue weighted by Crippen LogP contribution is -2.16. The number of nitro groups is 1. The van der Waals surface area contributed by atoms with Crippen LogP contribution in [0, 0.1) is 10.1 Å². The first-order valence-electron chi connectivity index (χ1n) is 7.71. The summed E-state index contributed by atoms with van der Waals surface area (Å²) >= 11 is 0. The van der Waals surface area contributed by atoms with E-state index in [0.29, 0.717) is 36.4 Å². The van der Waals surface area contributed by atoms with Gasteiger partial charge in [-0.25, -0.2) is 4.63 Å². The molecule has 1 aromatic carbocycles. The minimum Gasteiger partial charge on any atom is -0.396 e. The highest BCUT2D eigenvalue weighted by Crippen LogP contribution is 2.36. The molecule has 0 bridgehead atoms. The fraction of sp³-hybridized carbons (Fsp3) is 0.571. The van der Waals surface area contributed by atoms with E-state index in [-0.39, 0.29) is 17.8 Å². The van der Waals surface area contributed by atoms with Crippen LogP contribution in [0.3, 0.4) is 0 Å². The number of fused-ring (bicyclic) bond motifs is 1. The smallest absolute Gasteiger partial charge is 0.323 e. The summed E-state index contributed by atoms with van der Waals surface area (Å²) in [7, 11) is 3.99. The van der Waals surface area contributed by atoms with Crippen molar-refractivity contribution in [1.82, 2.24) is 15.2 Å². The number of aliphatic hydroxyl groups is 1. The molecule has 0 radical (unpaired) electrons. The summed E-state index contributed by atoms with van der Waals surface area (Å²) in [6.07, 6.45) is 1.39. The number of anilines is 2. The maximum atomic E-state index is 11.4. The Morgan fingerprint density at radius 2 is 1.88 bits per heavy atom. The Morgan fingerprint density at radius 1 is 1.21 bits per heavy atom. The Bertz CT molecular complexity index is 687. The zero-order valence-corrected chi connectivity index (χ0v) is 13.8. The number of nitro benzene ring substituents is 1. The molecule has 132 valence electrons. The lowest BCUT2D eigenvalue weighted by molar-refractivity contribution is -0.382. The zero-order valence-electron chi connectivity index (χ0n) is 13.8. The predicted molar refractivity (Wildman–Crippen MR) is 90.3 cm³/mol. The molecule has 3 N–H and O–H groups in total. The number of hydrogen-bond acceptors (Lipinski definition) is 9. The standard InChI is InChI=1S/C14H22N6O4/c1-19(2)7-3-5-15-10-9-11(16-6-4-8-21)14(20(22)23)13-12(10)17-24-18-13/h9,15-16,21H,3-8H2,1-2H3. The zero-order chi connectivity index (χ0) is 17.5. The second-order valence-electron chi connectivity index (χ2n) is 5.63. The van der Waals surface area contributed by atoms with E-state index in [1.54, 1.807) is 6.07 Å². The number of nitrogens with zero attached hydrogens (tertiary/aromatic N) is 4. The third-order valence-corrected chi connectivity index (χ3v) is 3.44. The average molecular weight is 338 g/mol. The van der Waals surface area contributed by atoms with Crippen molar-refractivity contribution in [2.45, 2.75) is 12.8 Å². The summed E-state index contributed by atoms with van der Waals surface area (Å²) in [4.78, 5) is 13.0. The first kappa shape index (κ1) is 17.9. The van der Waals surface area contributed by atoms with Gasteiger partial charge < -0.3 is 20.6 Å². The van der Waals surface area contributed by atoms with Gasteiger partial charge in [0.1, 0.15) is 5.69 Å². The summed E-state index contributed by atoms with van der Waals surface area (Å²) < 4.78 is 4.70. The van der Waals surface area contributed by atoms with Crippen molar-refractivity contribution >= 4 is 28.1 Å². The summed E-state index contributed by atoms with van der Waals surface area (Å²) in [5.41, 5.74) is 1.21. The fourth-order valence-corrected chi connectivity index (χ4v) is 2.30. The van der Waals surface area contributed by atoms with E-state index >= 15 is 0 Å². The molecule has 0 atom stereocenters. The first-order valence-corrected chi connectivity index (χ1v) is 7.71. The van der Waals surface area contributed by atoms with Gasteiger partial charge in [-0.3, -0.25) is 10.1 Å². The van der Waals surface area contributed by atoms with Gasteiger partial charge in [0.15, 0.2) is 5.52 Å². The number of benzene rings is 1. The van der Waals surface area contributed by atoms with Gasteiger partial charge in [0.2, 0.25) is 5.52 Å². The number of aromatic nitrogens is 2. The van der Waals surface area contributed by atoms with E-state index in [1.807, 2.05) is 14.1 Å². The monoisotopic (exact) mass is 338 g/mol. The maximum Gasteiger partial charge on any atom is 0.323 e. The van der Waals surface area contributed by atoms with E-state index in [4.69, 9.17) is 9.74 Å². The van der Waals surface area contributed by atoms with Crippen LogP contribution in [0.4, 0.5) is 17.1 Å². The normalized spacial score (nSPS) is 11.2. The maximum absolute atomic E-state index is 11.4. The molecular weight excluding hydrogens is 316 g/mol. The SMILES string of the molecule is CN(C)CCCNc1cc(NCCCO)c([N+](=O)[O-])c2nonc12. The fourth-order valence-electron chi connectivity index (χ4n) is 2.30. The number of aliphatic hydroxyl groups excluding tert-OH is 1. The highest BCUT2D eigenvalue weighted by Gasteiger charge is 2.25. The van der Waals surface area contributed by atoms with Crippen LogP contribution >= 0.6 is 0 Å². The van der Waals surface area contributed by atoms with Gasteiger partial charge in [-0.2, -0.15) is 0 Å². The number of hydrogen-bond donors (Lipinski definition) is 3. The Morgan fingerprint density at radius 3 is 2.54 bits per heavy atom. The minimum absolute atomic E-state index is 0.00417. The highest BCUT2D eigenvalue weighted by molar-refractivity contribution is 5.99. The molecular formula is C14H22N6O4. The lowest BCUT2D eigenvalue weighted by atomic mass is 10.2. The molecule has 0 fully saturated rings. The molecule has 1 aromatic heterocycles. The van der Waals surface area contributed by atoms with Crippen molar-refractivity contribution in [3.05, 3.63) is 16.2 Å². The van der Waals surface area contributed by atoms with Crippen LogP contribution in [0.25, 0.3) is 11.0 Å². The lowest BCUT2D eigenvalue weighted by Gasteiger charge is -2.12. The van der Waals surface area contributed by atoms with Crippen LogP contribution in [0.1, 0.15) is 12.8 Å². The summed E-state index contributed by atoms with van der Waals surface area (Å²) in [5, 5.41) is 33.9. The quantitative estimate of drug-likeness (QED) is 0.333. The molecule has 0 aliphatic carbocycles. The van der Waals surface area contributed by atoms with Gasteiger partial charge in [-0.15, -0.1) is 0 Å². The van der Waals surface area contributed by atoms with Crippen LogP contribution in [0.15, 0.2) is 10.7 Å². The van der Waals surface area contributed by atoms with Crippen LogP contribution in [0.5, 0.6) is 0 Å². The van der Waals surface area contributed by atoms with Crippen molar-refractivity contribution in [2.75, 3.05) is 51.0 Å². The summed E-state index contributed by atoms with van der Waals surface area (Å²) in [6, 6.07) is 1.64. The molecule has 0 saturated heterocycles. The molecule has 0 saturated carbocycles. The van der Waals surface area contributed by atoms with Gasteiger partial charge in [-0.1, -0.05) is 0 Å². The Labute approximate surface area is 138 Å². The topological polar surface area (TPSA) is 130 Å². The Hall–Kier alpha value is -2.46. The van der Waals surface area contributed by atoms with E-state index < -0.39 is 4.92 Å². The van der Waals surface area contributed by atoms with Crippen LogP contribution in [-0.2, 0) is 0 Å². The van der Waals surface area contributed by atoms with E-state index in [0.717, 1.165) is 13.0 Å². The summed E-state index contributed by atoms with van der Waals surface area (Å²) in [6.45, 7) is 2.02. The molecule has 1 heterocycles. The number of rotatable bonds is 10. The van der Waals surface area contributed by atoms with Gasteiger partial charge in [0.05, 0.1) is 10.6 Å². The molecule has 0 aliphatic rings. The molecule has 10 nitrogen and oxygen atoms in total. The molecule has 0 amide bonds. The van der Waals surface area contributed by atoms with Crippen molar-refractivity contribution in [1.29, 1.82) is 0 Å². The predicted octanol–water partition coefficient (Wildman–Crippen LogP) is 1.29. The number of nitrogens with one attached hydrogen (secondary N) is 2. The molecule has 0 unspecified atom stereocenters. The van der Waals surface area contributed by atoms with Gasteiger partial charge in [-0.05, 0) is 49.9 Å². The molecule has 0 spiro atoms. The van der Waals surface area contributed by atoms with Crippen molar-refractivity contribution in [2.24, 2.45) is 0 Å². The highest BCUT2D eigenvalue weighted by atomic mass is 16.6. The molecule has 10 heteroatoms. The van der Waals surface area contributed by atoms with E-state index in [1.165, 1.54) is 0 Å². The van der Waals surface area contributed by atoms with Gasteiger partial charge >= 0.3 is 5.69 Å². The minimum atomic E-state index is -0.510. The Balaban J connectivity index is 2.28. The molecule has 24 heavy (non-hydrogen) atoms.